The summed E-state index contributed by atoms with van der Waals surface area (Å²) >= 11 is 0. The Balaban J connectivity index is 2.22. The molecule has 19 heavy (non-hydrogen) atoms. The molecule has 0 spiro atoms. The monoisotopic (exact) mass is 250 g/mol. The van der Waals surface area contributed by atoms with Crippen molar-refractivity contribution >= 4 is 0 Å². The standard InChI is InChI=1S/C19H22/c1-12(2)14-8-9-15-10-16-6-5-7-17(13(3)4)19(16)18(15)11-14/h5-9,11-13H,10H2,1-4H3. The molecule has 0 unspecified atom stereocenters. The van der Waals surface area contributed by atoms with Crippen LogP contribution in [0.1, 0.15) is 61.8 Å². The van der Waals surface area contributed by atoms with Crippen molar-refractivity contribution in [2.24, 2.45) is 0 Å². The summed E-state index contributed by atoms with van der Waals surface area (Å²) in [6, 6.07) is 13.8. The minimum absolute atomic E-state index is 0.587. The van der Waals surface area contributed by atoms with E-state index in [0.29, 0.717) is 11.8 Å². The van der Waals surface area contributed by atoms with E-state index in [9.17, 15) is 0 Å². The first-order valence-corrected chi connectivity index (χ1v) is 7.33. The Labute approximate surface area is 116 Å². The van der Waals surface area contributed by atoms with Crippen molar-refractivity contribution in [3.8, 4) is 11.1 Å². The highest BCUT2D eigenvalue weighted by Gasteiger charge is 2.22. The topological polar surface area (TPSA) is 0 Å². The van der Waals surface area contributed by atoms with Gasteiger partial charge in [-0.2, -0.15) is 0 Å². The molecule has 1 aliphatic carbocycles. The van der Waals surface area contributed by atoms with Crippen LogP contribution in [-0.2, 0) is 6.42 Å². The third-order valence-corrected chi connectivity index (χ3v) is 4.26. The molecular weight excluding hydrogens is 228 g/mol. The van der Waals surface area contributed by atoms with E-state index >= 15 is 0 Å². The van der Waals surface area contributed by atoms with Crippen LogP contribution in [0.25, 0.3) is 11.1 Å². The molecule has 0 radical (unpaired) electrons. The van der Waals surface area contributed by atoms with Crippen molar-refractivity contribution in [1.82, 2.24) is 0 Å². The molecule has 1 aliphatic rings. The van der Waals surface area contributed by atoms with Crippen LogP contribution in [0.15, 0.2) is 36.4 Å². The van der Waals surface area contributed by atoms with Gasteiger partial charge in [-0.3, -0.25) is 0 Å². The molecule has 2 aromatic rings. The van der Waals surface area contributed by atoms with Crippen LogP contribution in [0.2, 0.25) is 0 Å². The second-order valence-electron chi connectivity index (χ2n) is 6.28. The summed E-state index contributed by atoms with van der Waals surface area (Å²) in [7, 11) is 0. The van der Waals surface area contributed by atoms with Crippen molar-refractivity contribution in [2.75, 3.05) is 0 Å². The van der Waals surface area contributed by atoms with Gasteiger partial charge >= 0.3 is 0 Å². The minimum Gasteiger partial charge on any atom is -0.0617 e. The van der Waals surface area contributed by atoms with E-state index in [0.717, 1.165) is 6.42 Å². The summed E-state index contributed by atoms with van der Waals surface area (Å²) in [5, 5.41) is 0. The van der Waals surface area contributed by atoms with Gasteiger partial charge < -0.3 is 0 Å². The molecule has 0 fully saturated rings. The largest absolute Gasteiger partial charge is 0.0617 e. The molecule has 0 nitrogen and oxygen atoms in total. The summed E-state index contributed by atoms with van der Waals surface area (Å²) < 4.78 is 0. The second kappa shape index (κ2) is 4.52. The van der Waals surface area contributed by atoms with E-state index in [1.54, 1.807) is 0 Å². The number of fused-ring (bicyclic) bond motifs is 3. The molecule has 0 aliphatic heterocycles. The molecule has 0 aromatic heterocycles. The SMILES string of the molecule is CC(C)c1ccc2c(c1)-c1c(cccc1C(C)C)C2. The van der Waals surface area contributed by atoms with Gasteiger partial charge in [0.15, 0.2) is 0 Å². The predicted molar refractivity (Wildman–Crippen MR) is 82.9 cm³/mol. The Morgan fingerprint density at radius 1 is 0.842 bits per heavy atom. The van der Waals surface area contributed by atoms with E-state index in [-0.39, 0.29) is 0 Å². The minimum atomic E-state index is 0.587. The highest BCUT2D eigenvalue weighted by atomic mass is 14.3. The van der Waals surface area contributed by atoms with Gasteiger partial charge in [0.05, 0.1) is 0 Å². The first-order chi connectivity index (χ1) is 9.08. The Hall–Kier alpha value is -1.56. The smallest absolute Gasteiger partial charge is 0.00133 e. The third kappa shape index (κ3) is 2.00. The summed E-state index contributed by atoms with van der Waals surface area (Å²) in [6.07, 6.45) is 1.10. The van der Waals surface area contributed by atoms with E-state index in [1.807, 2.05) is 0 Å². The normalized spacial score (nSPS) is 12.9. The summed E-state index contributed by atoms with van der Waals surface area (Å²) in [5.74, 6) is 1.18. The Morgan fingerprint density at radius 2 is 1.63 bits per heavy atom. The molecular formula is C19H22. The van der Waals surface area contributed by atoms with Gasteiger partial charge in [0.1, 0.15) is 0 Å². The van der Waals surface area contributed by atoms with Crippen molar-refractivity contribution in [3.05, 3.63) is 58.7 Å². The molecule has 0 saturated heterocycles. The van der Waals surface area contributed by atoms with Gasteiger partial charge in [-0.25, -0.2) is 0 Å². The number of hydrogen-bond donors (Lipinski definition) is 0. The van der Waals surface area contributed by atoms with E-state index in [1.165, 1.54) is 33.4 Å². The maximum Gasteiger partial charge on any atom is -0.00133 e. The first kappa shape index (κ1) is 12.5. The van der Waals surface area contributed by atoms with Gasteiger partial charge in [0, 0.05) is 0 Å². The maximum absolute atomic E-state index is 2.41. The zero-order chi connectivity index (χ0) is 13.6. The quantitative estimate of drug-likeness (QED) is 0.563. The fourth-order valence-corrected chi connectivity index (χ4v) is 3.12. The van der Waals surface area contributed by atoms with Gasteiger partial charge in [0.25, 0.3) is 0 Å². The van der Waals surface area contributed by atoms with E-state index in [2.05, 4.69) is 64.1 Å². The Bertz CT molecular complexity index is 618. The maximum atomic E-state index is 2.41. The number of rotatable bonds is 2. The number of hydrogen-bond acceptors (Lipinski definition) is 0. The fraction of sp³-hybridized carbons (Fsp3) is 0.368. The molecule has 0 heteroatoms. The molecule has 2 aromatic carbocycles. The fourth-order valence-electron chi connectivity index (χ4n) is 3.12. The highest BCUT2D eigenvalue weighted by Crippen LogP contribution is 2.42. The van der Waals surface area contributed by atoms with Crippen LogP contribution in [0.5, 0.6) is 0 Å². The van der Waals surface area contributed by atoms with Crippen LogP contribution in [-0.4, -0.2) is 0 Å². The van der Waals surface area contributed by atoms with Crippen LogP contribution in [0.3, 0.4) is 0 Å². The van der Waals surface area contributed by atoms with Crippen LogP contribution >= 0.6 is 0 Å². The first-order valence-electron chi connectivity index (χ1n) is 7.33. The van der Waals surface area contributed by atoms with Crippen LogP contribution in [0, 0.1) is 0 Å². The van der Waals surface area contributed by atoms with Crippen molar-refractivity contribution < 1.29 is 0 Å². The average Bonchev–Trinajstić information content (AvgIpc) is 2.75. The molecule has 0 bridgehead atoms. The molecule has 0 saturated carbocycles. The van der Waals surface area contributed by atoms with Crippen LogP contribution < -0.4 is 0 Å². The third-order valence-electron chi connectivity index (χ3n) is 4.26. The van der Waals surface area contributed by atoms with Gasteiger partial charge in [-0.05, 0) is 51.6 Å². The predicted octanol–water partition coefficient (Wildman–Crippen LogP) is 5.50. The zero-order valence-electron chi connectivity index (χ0n) is 12.3. The lowest BCUT2D eigenvalue weighted by atomic mass is 9.90. The lowest BCUT2D eigenvalue weighted by molar-refractivity contribution is 0.863. The summed E-state index contributed by atoms with van der Waals surface area (Å²) in [5.41, 5.74) is 8.93. The molecule has 3 rings (SSSR count). The van der Waals surface area contributed by atoms with Gasteiger partial charge in [-0.15, -0.1) is 0 Å². The Kier molecular flexibility index (Phi) is 2.97. The van der Waals surface area contributed by atoms with Gasteiger partial charge in [-0.1, -0.05) is 64.1 Å². The van der Waals surface area contributed by atoms with E-state index < -0.39 is 0 Å². The second-order valence-corrected chi connectivity index (χ2v) is 6.28. The van der Waals surface area contributed by atoms with Gasteiger partial charge in [0.2, 0.25) is 0 Å². The average molecular weight is 250 g/mol. The van der Waals surface area contributed by atoms with Crippen molar-refractivity contribution in [1.29, 1.82) is 0 Å². The van der Waals surface area contributed by atoms with Crippen LogP contribution in [0.4, 0.5) is 0 Å². The molecule has 0 amide bonds. The molecule has 0 N–H and O–H groups in total. The molecule has 98 valence electrons. The summed E-state index contributed by atoms with van der Waals surface area (Å²) in [6.45, 7) is 9.12. The van der Waals surface area contributed by atoms with E-state index in [4.69, 9.17) is 0 Å². The van der Waals surface area contributed by atoms with Crippen molar-refractivity contribution in [3.63, 3.8) is 0 Å². The molecule has 0 atom stereocenters. The van der Waals surface area contributed by atoms with Crippen molar-refractivity contribution in [2.45, 2.75) is 46.0 Å². The highest BCUT2D eigenvalue weighted by molar-refractivity contribution is 5.80. The summed E-state index contributed by atoms with van der Waals surface area (Å²) in [4.78, 5) is 0. The zero-order valence-corrected chi connectivity index (χ0v) is 12.3. The lowest BCUT2D eigenvalue weighted by Gasteiger charge is -2.14. The Morgan fingerprint density at radius 3 is 2.32 bits per heavy atom. The number of benzene rings is 2. The lowest BCUT2D eigenvalue weighted by Crippen LogP contribution is -1.93. The molecule has 0 heterocycles.